The van der Waals surface area contributed by atoms with Gasteiger partial charge in [0.15, 0.2) is 12.1 Å². The minimum Gasteiger partial charge on any atom is -0.547 e. The average Bonchev–Trinajstić information content (AvgIpc) is 2.84. The first kappa shape index (κ1) is 19.1. The van der Waals surface area contributed by atoms with Crippen LogP contribution >= 0.6 is 0 Å². The molecule has 13 heteroatoms. The van der Waals surface area contributed by atoms with Gasteiger partial charge in [0.05, 0.1) is 11.9 Å². The molecule has 2 saturated heterocycles. The van der Waals surface area contributed by atoms with Crippen LogP contribution in [0.2, 0.25) is 0 Å². The van der Waals surface area contributed by atoms with Gasteiger partial charge in [-0.15, -0.1) is 0 Å². The van der Waals surface area contributed by atoms with E-state index >= 15 is 0 Å². The van der Waals surface area contributed by atoms with E-state index in [1.165, 1.54) is 0 Å². The summed E-state index contributed by atoms with van der Waals surface area (Å²) in [6.07, 6.45) is -1.54. The van der Waals surface area contributed by atoms with Crippen LogP contribution in [0, 0.1) is 0 Å². The summed E-state index contributed by atoms with van der Waals surface area (Å²) in [7, 11) is 0. The molecule has 0 bridgehead atoms. The molecule has 2 atom stereocenters. The Kier molecular flexibility index (Phi) is 5.56. The second kappa shape index (κ2) is 6.68. The summed E-state index contributed by atoms with van der Waals surface area (Å²) >= 11 is 0. The number of hydrogen-bond donors (Lipinski definition) is 2. The van der Waals surface area contributed by atoms with Crippen LogP contribution in [0.4, 0.5) is 9.59 Å². The Balaban J connectivity index is 0.00000264. The molecule has 0 aliphatic carbocycles. The van der Waals surface area contributed by atoms with Crippen molar-refractivity contribution >= 4 is 73.6 Å². The fourth-order valence-electron chi connectivity index (χ4n) is 2.31. The Bertz CT molecular complexity index is 570. The van der Waals surface area contributed by atoms with Crippen molar-refractivity contribution in [1.29, 1.82) is 0 Å². The van der Waals surface area contributed by atoms with E-state index in [4.69, 9.17) is 0 Å². The Morgan fingerprint density at radius 1 is 0.913 bits per heavy atom. The van der Waals surface area contributed by atoms with Crippen LogP contribution in [-0.4, -0.2) is 102 Å². The zero-order chi connectivity index (χ0) is 16.8. The summed E-state index contributed by atoms with van der Waals surface area (Å²) < 4.78 is 0. The Labute approximate surface area is 157 Å². The van der Waals surface area contributed by atoms with Gasteiger partial charge in [-0.25, -0.2) is 9.59 Å². The molecule has 2 unspecified atom stereocenters. The van der Waals surface area contributed by atoms with Crippen LogP contribution in [-0.2, 0) is 19.2 Å². The smallest absolute Gasteiger partial charge is 0.547 e. The Hall–Kier alpha value is -1.92. The monoisotopic (exact) mass is 352 g/mol. The molecule has 12 nitrogen and oxygen atoms in total. The van der Waals surface area contributed by atoms with Crippen LogP contribution in [0.1, 0.15) is 6.92 Å². The third kappa shape index (κ3) is 3.09. The van der Waals surface area contributed by atoms with Crippen molar-refractivity contribution in [3.05, 3.63) is 0 Å². The van der Waals surface area contributed by atoms with Gasteiger partial charge in [-0.05, 0) is 6.92 Å². The maximum Gasteiger partial charge on any atom is 2.00 e. The number of carbonyl (C=O) groups is 6. The van der Waals surface area contributed by atoms with E-state index in [0.717, 1.165) is 6.92 Å². The van der Waals surface area contributed by atoms with E-state index in [2.05, 4.69) is 0 Å². The van der Waals surface area contributed by atoms with E-state index in [-0.39, 0.29) is 37.7 Å². The first-order valence-corrected chi connectivity index (χ1v) is 5.85. The fraction of sp³-hybridized carbons (Fsp3) is 0.400. The second-order valence-electron chi connectivity index (χ2n) is 4.48. The SMILES string of the molecule is CC(N1C(=O)NC(=O)C1C(=O)[O-])N1C(=O)NC(=O)C1C(=O)[O-].[Ca+2]. The number of imide groups is 2. The number of nitrogens with one attached hydrogen (secondary N) is 2. The maximum absolute atomic E-state index is 11.7. The quantitative estimate of drug-likeness (QED) is 0.285. The molecular weight excluding hydrogens is 344 g/mol. The zero-order valence-corrected chi connectivity index (χ0v) is 13.8. The first-order chi connectivity index (χ1) is 10.2. The first-order valence-electron chi connectivity index (χ1n) is 5.85. The molecule has 0 aromatic rings. The number of rotatable bonds is 4. The van der Waals surface area contributed by atoms with Gasteiger partial charge in [-0.1, -0.05) is 0 Å². The van der Waals surface area contributed by atoms with Crippen LogP contribution < -0.4 is 20.8 Å². The van der Waals surface area contributed by atoms with E-state index in [1.807, 2.05) is 0 Å². The largest absolute Gasteiger partial charge is 2.00 e. The molecule has 0 spiro atoms. The molecule has 2 rings (SSSR count). The van der Waals surface area contributed by atoms with Crippen LogP contribution in [0.25, 0.3) is 0 Å². The van der Waals surface area contributed by atoms with Crippen molar-refractivity contribution in [1.82, 2.24) is 20.4 Å². The molecule has 0 saturated carbocycles. The van der Waals surface area contributed by atoms with E-state index < -0.39 is 54.1 Å². The number of aliphatic carboxylic acids is 2. The standard InChI is InChI=1S/C10H10N4O8.Ca/c1-2(13-3(7(17)18)5(15)11-9(13)21)14-4(8(19)20)6(16)12-10(14)22;/h2-4H,1H3,(H,17,18)(H,19,20)(H,11,15,21)(H,12,16,22);/q;+2/p-2. The summed E-state index contributed by atoms with van der Waals surface area (Å²) in [5.41, 5.74) is 0. The van der Waals surface area contributed by atoms with Crippen molar-refractivity contribution in [2.75, 3.05) is 0 Å². The third-order valence-electron chi connectivity index (χ3n) is 3.23. The van der Waals surface area contributed by atoms with E-state index in [1.54, 1.807) is 10.6 Å². The summed E-state index contributed by atoms with van der Waals surface area (Å²) in [4.78, 5) is 68.9. The van der Waals surface area contributed by atoms with Gasteiger partial charge in [-0.2, -0.15) is 0 Å². The number of carboxylic acids is 2. The summed E-state index contributed by atoms with van der Waals surface area (Å²) in [6.45, 7) is 1.07. The number of hydrogen-bond acceptors (Lipinski definition) is 8. The minimum atomic E-state index is -2.06. The van der Waals surface area contributed by atoms with Crippen molar-refractivity contribution in [2.24, 2.45) is 0 Å². The summed E-state index contributed by atoms with van der Waals surface area (Å²) in [6, 6.07) is -6.46. The van der Waals surface area contributed by atoms with Crippen molar-refractivity contribution in [3.8, 4) is 0 Å². The van der Waals surface area contributed by atoms with Crippen LogP contribution in [0.15, 0.2) is 0 Å². The van der Waals surface area contributed by atoms with Crippen molar-refractivity contribution in [2.45, 2.75) is 25.2 Å². The predicted molar refractivity (Wildman–Crippen MR) is 63.6 cm³/mol. The molecule has 0 aromatic heterocycles. The molecule has 2 N–H and O–H groups in total. The van der Waals surface area contributed by atoms with Gasteiger partial charge >= 0.3 is 49.8 Å². The number of carboxylic acid groups (broad SMARTS) is 2. The molecule has 0 radical (unpaired) electrons. The molecule has 23 heavy (non-hydrogen) atoms. The zero-order valence-electron chi connectivity index (χ0n) is 11.6. The molecule has 0 aromatic carbocycles. The summed E-state index contributed by atoms with van der Waals surface area (Å²) in [5, 5.41) is 25.3. The molecule has 118 valence electrons. The van der Waals surface area contributed by atoms with E-state index in [0.29, 0.717) is 9.80 Å². The van der Waals surface area contributed by atoms with Crippen LogP contribution in [0.3, 0.4) is 0 Å². The topological polar surface area (TPSA) is 179 Å². The Morgan fingerprint density at radius 3 is 1.48 bits per heavy atom. The summed E-state index contributed by atoms with van der Waals surface area (Å²) in [5.74, 6) is -6.25. The van der Waals surface area contributed by atoms with E-state index in [9.17, 15) is 39.0 Å². The molecular formula is C10H8CaN4O8. The second-order valence-corrected chi connectivity index (χ2v) is 4.48. The average molecular weight is 352 g/mol. The number of nitrogens with zero attached hydrogens (tertiary/aromatic N) is 2. The Morgan fingerprint density at radius 2 is 1.22 bits per heavy atom. The van der Waals surface area contributed by atoms with Gasteiger partial charge in [0, 0.05) is 0 Å². The maximum atomic E-state index is 11.7. The van der Waals surface area contributed by atoms with Gasteiger partial charge < -0.3 is 19.8 Å². The molecule has 2 heterocycles. The number of urea groups is 2. The molecule has 2 aliphatic heterocycles. The van der Waals surface area contributed by atoms with Crippen molar-refractivity contribution in [3.63, 3.8) is 0 Å². The molecule has 2 aliphatic rings. The van der Waals surface area contributed by atoms with Gasteiger partial charge in [-0.3, -0.25) is 30.0 Å². The van der Waals surface area contributed by atoms with Gasteiger partial charge in [0.2, 0.25) is 0 Å². The van der Waals surface area contributed by atoms with Crippen LogP contribution in [0.5, 0.6) is 0 Å². The fourth-order valence-corrected chi connectivity index (χ4v) is 2.31. The molecule has 2 fully saturated rings. The number of amides is 6. The molecule has 6 amide bonds. The van der Waals surface area contributed by atoms with Gasteiger partial charge in [0.25, 0.3) is 11.8 Å². The third-order valence-corrected chi connectivity index (χ3v) is 3.23. The normalized spacial score (nSPS) is 24.9. The van der Waals surface area contributed by atoms with Crippen molar-refractivity contribution < 1.29 is 39.0 Å². The predicted octanol–water partition coefficient (Wildman–Crippen LogP) is -5.71. The van der Waals surface area contributed by atoms with Gasteiger partial charge in [0.1, 0.15) is 6.17 Å². The number of carbonyl (C=O) groups excluding carboxylic acids is 6. The minimum absolute atomic E-state index is 0.